The standard InChI is InChI=1S/C26H28O6/c1-12(2)7-8-26(6)22(29)20-16(25(4,5)24(26)31)10-14-11-17(27)19-15(18(14)21(20)28)9-13(3)32-23(19)30/h10-11,13,27-28H,1,7-9H2,2-6H3. The number of phenols is 2. The number of hydrogen-bond donors (Lipinski definition) is 2. The molecule has 2 unspecified atom stereocenters. The van der Waals surface area contributed by atoms with Crippen molar-refractivity contribution in [3.05, 3.63) is 46.5 Å². The number of ketones is 2. The normalized spacial score (nSPS) is 24.2. The summed E-state index contributed by atoms with van der Waals surface area (Å²) >= 11 is 0. The van der Waals surface area contributed by atoms with Crippen LogP contribution in [0.25, 0.3) is 10.8 Å². The highest BCUT2D eigenvalue weighted by Crippen LogP contribution is 2.51. The van der Waals surface area contributed by atoms with Crippen LogP contribution in [0.2, 0.25) is 0 Å². The Balaban J connectivity index is 2.06. The number of esters is 1. The molecule has 0 amide bonds. The van der Waals surface area contributed by atoms with Gasteiger partial charge in [-0.3, -0.25) is 9.59 Å². The van der Waals surface area contributed by atoms with Crippen LogP contribution < -0.4 is 0 Å². The van der Waals surface area contributed by atoms with Crippen molar-refractivity contribution in [2.75, 3.05) is 0 Å². The summed E-state index contributed by atoms with van der Waals surface area (Å²) in [5.74, 6) is -1.79. The molecule has 2 aromatic rings. The highest BCUT2D eigenvalue weighted by atomic mass is 16.5. The molecule has 0 saturated carbocycles. The van der Waals surface area contributed by atoms with Crippen LogP contribution in [0.15, 0.2) is 24.3 Å². The SMILES string of the molecule is C=C(C)CCC1(C)C(=O)c2c(cc3cc(O)c4c(c3c2O)CC(C)OC4=O)C(C)(C)C1=O. The second kappa shape index (κ2) is 6.92. The summed E-state index contributed by atoms with van der Waals surface area (Å²) in [7, 11) is 0. The second-order valence-corrected chi connectivity index (χ2v) is 9.99. The maximum atomic E-state index is 13.7. The van der Waals surface area contributed by atoms with E-state index in [9.17, 15) is 24.6 Å². The molecule has 2 aliphatic rings. The fourth-order valence-corrected chi connectivity index (χ4v) is 5.23. The number of carbonyl (C=O) groups is 3. The summed E-state index contributed by atoms with van der Waals surface area (Å²) in [5.41, 5.74) is -0.456. The third kappa shape index (κ3) is 2.89. The number of rotatable bonds is 3. The largest absolute Gasteiger partial charge is 0.507 e. The minimum Gasteiger partial charge on any atom is -0.507 e. The van der Waals surface area contributed by atoms with Crippen molar-refractivity contribution in [1.29, 1.82) is 0 Å². The molecule has 6 nitrogen and oxygen atoms in total. The van der Waals surface area contributed by atoms with Gasteiger partial charge in [0, 0.05) is 11.8 Å². The molecule has 1 heterocycles. The van der Waals surface area contributed by atoms with E-state index in [1.807, 2.05) is 6.92 Å². The van der Waals surface area contributed by atoms with Crippen LogP contribution in [-0.4, -0.2) is 33.9 Å². The summed E-state index contributed by atoms with van der Waals surface area (Å²) in [4.78, 5) is 39.7. The third-order valence-electron chi connectivity index (χ3n) is 7.01. The Labute approximate surface area is 186 Å². The summed E-state index contributed by atoms with van der Waals surface area (Å²) in [6, 6.07) is 3.06. The van der Waals surface area contributed by atoms with E-state index in [4.69, 9.17) is 4.74 Å². The maximum absolute atomic E-state index is 13.7. The fourth-order valence-electron chi connectivity index (χ4n) is 5.23. The van der Waals surface area contributed by atoms with E-state index in [-0.39, 0.29) is 28.4 Å². The first-order valence-corrected chi connectivity index (χ1v) is 10.8. The molecule has 168 valence electrons. The lowest BCUT2D eigenvalue weighted by Gasteiger charge is -2.42. The zero-order valence-corrected chi connectivity index (χ0v) is 19.1. The van der Waals surface area contributed by atoms with Gasteiger partial charge in [-0.1, -0.05) is 5.57 Å². The number of benzene rings is 2. The van der Waals surface area contributed by atoms with E-state index in [0.717, 1.165) is 5.57 Å². The molecule has 2 aromatic carbocycles. The van der Waals surface area contributed by atoms with Gasteiger partial charge in [0.25, 0.3) is 0 Å². The Morgan fingerprint density at radius 3 is 2.44 bits per heavy atom. The van der Waals surface area contributed by atoms with Crippen LogP contribution in [0.1, 0.15) is 79.3 Å². The maximum Gasteiger partial charge on any atom is 0.342 e. The molecule has 32 heavy (non-hydrogen) atoms. The van der Waals surface area contributed by atoms with Gasteiger partial charge in [0.15, 0.2) is 11.6 Å². The van der Waals surface area contributed by atoms with Crippen LogP contribution in [-0.2, 0) is 21.4 Å². The number of allylic oxidation sites excluding steroid dienone is 1. The molecule has 0 fully saturated rings. The minimum absolute atomic E-state index is 0.00879. The Kier molecular flexibility index (Phi) is 4.77. The van der Waals surface area contributed by atoms with E-state index >= 15 is 0 Å². The van der Waals surface area contributed by atoms with E-state index < -0.39 is 28.7 Å². The quantitative estimate of drug-likeness (QED) is 0.409. The molecule has 6 heteroatoms. The number of ether oxygens (including phenoxy) is 1. The number of phenolic OH excluding ortho intramolecular Hbond substituents is 2. The molecule has 4 rings (SSSR count). The number of aromatic hydroxyl groups is 2. The van der Waals surface area contributed by atoms with Gasteiger partial charge in [-0.15, -0.1) is 6.58 Å². The van der Waals surface area contributed by atoms with Gasteiger partial charge in [0.1, 0.15) is 23.2 Å². The summed E-state index contributed by atoms with van der Waals surface area (Å²) in [6.45, 7) is 12.6. The Hall–Kier alpha value is -3.15. The van der Waals surface area contributed by atoms with Gasteiger partial charge < -0.3 is 14.9 Å². The molecule has 1 aliphatic heterocycles. The zero-order valence-electron chi connectivity index (χ0n) is 19.1. The lowest BCUT2D eigenvalue weighted by molar-refractivity contribution is -0.131. The van der Waals surface area contributed by atoms with Crippen molar-refractivity contribution in [2.45, 2.75) is 65.4 Å². The van der Waals surface area contributed by atoms with Crippen LogP contribution >= 0.6 is 0 Å². The Morgan fingerprint density at radius 2 is 1.81 bits per heavy atom. The van der Waals surface area contributed by atoms with Gasteiger partial charge in [-0.2, -0.15) is 0 Å². The molecule has 0 bridgehead atoms. The van der Waals surface area contributed by atoms with E-state index in [2.05, 4.69) is 6.58 Å². The first kappa shape index (κ1) is 22.1. The van der Waals surface area contributed by atoms with Crippen LogP contribution in [0.5, 0.6) is 11.5 Å². The molecule has 0 saturated heterocycles. The van der Waals surface area contributed by atoms with Gasteiger partial charge in [-0.25, -0.2) is 4.79 Å². The molecule has 2 atom stereocenters. The first-order valence-electron chi connectivity index (χ1n) is 10.8. The molecule has 1 aliphatic carbocycles. The first-order chi connectivity index (χ1) is 14.8. The summed E-state index contributed by atoms with van der Waals surface area (Å²) in [5, 5.41) is 22.8. The zero-order chi connectivity index (χ0) is 23.7. The highest BCUT2D eigenvalue weighted by Gasteiger charge is 2.54. The van der Waals surface area contributed by atoms with E-state index in [1.165, 1.54) is 6.07 Å². The second-order valence-electron chi connectivity index (χ2n) is 9.99. The third-order valence-corrected chi connectivity index (χ3v) is 7.01. The lowest BCUT2D eigenvalue weighted by atomic mass is 9.58. The molecule has 0 spiro atoms. The van der Waals surface area contributed by atoms with Gasteiger partial charge in [-0.05, 0) is 76.1 Å². The van der Waals surface area contributed by atoms with E-state index in [0.29, 0.717) is 41.2 Å². The van der Waals surface area contributed by atoms with Crippen molar-refractivity contribution >= 4 is 28.3 Å². The van der Waals surface area contributed by atoms with Crippen LogP contribution in [0, 0.1) is 5.41 Å². The Morgan fingerprint density at radius 1 is 1.16 bits per heavy atom. The fraction of sp³-hybridized carbons (Fsp3) is 0.423. The minimum atomic E-state index is -1.30. The number of hydrogen-bond acceptors (Lipinski definition) is 6. The number of Topliss-reactive ketones (excluding diaryl/α,β-unsaturated/α-hetero) is 2. The summed E-state index contributed by atoms with van der Waals surface area (Å²) in [6.07, 6.45) is 0.671. The van der Waals surface area contributed by atoms with Crippen molar-refractivity contribution in [2.24, 2.45) is 5.41 Å². The van der Waals surface area contributed by atoms with Crippen molar-refractivity contribution in [3.8, 4) is 11.5 Å². The van der Waals surface area contributed by atoms with Gasteiger partial charge in [0.2, 0.25) is 0 Å². The molecule has 2 N–H and O–H groups in total. The van der Waals surface area contributed by atoms with Crippen molar-refractivity contribution in [3.63, 3.8) is 0 Å². The molecule has 0 aromatic heterocycles. The molecular weight excluding hydrogens is 408 g/mol. The predicted molar refractivity (Wildman–Crippen MR) is 120 cm³/mol. The van der Waals surface area contributed by atoms with Gasteiger partial charge in [0.05, 0.1) is 16.4 Å². The molecular formula is C26H28O6. The highest BCUT2D eigenvalue weighted by molar-refractivity contribution is 6.24. The number of fused-ring (bicyclic) bond motifs is 4. The monoisotopic (exact) mass is 436 g/mol. The smallest absolute Gasteiger partial charge is 0.342 e. The Bertz CT molecular complexity index is 1240. The van der Waals surface area contributed by atoms with E-state index in [1.54, 1.807) is 33.8 Å². The lowest BCUT2D eigenvalue weighted by Crippen LogP contribution is -2.51. The average molecular weight is 437 g/mol. The van der Waals surface area contributed by atoms with Gasteiger partial charge >= 0.3 is 5.97 Å². The molecule has 0 radical (unpaired) electrons. The van der Waals surface area contributed by atoms with Crippen molar-refractivity contribution < 1.29 is 29.3 Å². The number of cyclic esters (lactones) is 1. The summed E-state index contributed by atoms with van der Waals surface area (Å²) < 4.78 is 5.25. The topological polar surface area (TPSA) is 101 Å². The predicted octanol–water partition coefficient (Wildman–Crippen LogP) is 4.76. The number of carbonyl (C=O) groups excluding carboxylic acids is 3. The van der Waals surface area contributed by atoms with Crippen LogP contribution in [0.3, 0.4) is 0 Å². The van der Waals surface area contributed by atoms with Crippen LogP contribution in [0.4, 0.5) is 0 Å². The average Bonchev–Trinajstić information content (AvgIpc) is 2.68. The van der Waals surface area contributed by atoms with Crippen molar-refractivity contribution in [1.82, 2.24) is 0 Å².